The molecule has 1 aromatic heterocycles. The fourth-order valence-corrected chi connectivity index (χ4v) is 1.56. The van der Waals surface area contributed by atoms with Gasteiger partial charge in [-0.25, -0.2) is 8.78 Å². The lowest BCUT2D eigenvalue weighted by Gasteiger charge is -2.08. The van der Waals surface area contributed by atoms with Gasteiger partial charge < -0.3 is 5.11 Å². The molecular weight excluding hydrogens is 242 g/mol. The molecule has 0 aliphatic carbocycles. The average Bonchev–Trinajstić information content (AvgIpc) is 2.32. The smallest absolute Gasteiger partial charge is 0.271 e. The number of nitrogens with zero attached hydrogens (tertiary/aromatic N) is 2. The summed E-state index contributed by atoms with van der Waals surface area (Å²) in [6.45, 7) is 1.27. The molecule has 0 saturated heterocycles. The van der Waals surface area contributed by atoms with Crippen LogP contribution in [0.25, 0.3) is 5.69 Å². The maximum absolute atomic E-state index is 13.5. The van der Waals surface area contributed by atoms with Crippen LogP contribution >= 0.6 is 0 Å². The Labute approximate surface area is 101 Å². The van der Waals surface area contributed by atoms with E-state index in [1.165, 1.54) is 6.07 Å². The summed E-state index contributed by atoms with van der Waals surface area (Å²) in [6.07, 6.45) is 0. The van der Waals surface area contributed by atoms with Gasteiger partial charge in [0.15, 0.2) is 5.82 Å². The van der Waals surface area contributed by atoms with Crippen molar-refractivity contribution in [1.29, 1.82) is 0 Å². The molecule has 1 heterocycles. The van der Waals surface area contributed by atoms with Crippen LogP contribution < -0.4 is 5.56 Å². The highest BCUT2D eigenvalue weighted by Crippen LogP contribution is 2.12. The molecule has 2 rings (SSSR count). The minimum absolute atomic E-state index is 0.131. The van der Waals surface area contributed by atoms with Gasteiger partial charge in [0.05, 0.1) is 12.3 Å². The topological polar surface area (TPSA) is 55.1 Å². The first kappa shape index (κ1) is 12.4. The monoisotopic (exact) mass is 252 g/mol. The van der Waals surface area contributed by atoms with Crippen molar-refractivity contribution in [2.75, 3.05) is 0 Å². The lowest BCUT2D eigenvalue weighted by Crippen LogP contribution is -2.23. The molecule has 18 heavy (non-hydrogen) atoms. The van der Waals surface area contributed by atoms with E-state index < -0.39 is 17.2 Å². The van der Waals surface area contributed by atoms with E-state index in [9.17, 15) is 13.6 Å². The number of aromatic nitrogens is 2. The van der Waals surface area contributed by atoms with Gasteiger partial charge in [-0.1, -0.05) is 0 Å². The zero-order valence-corrected chi connectivity index (χ0v) is 9.52. The molecule has 6 heteroatoms. The third kappa shape index (κ3) is 2.14. The van der Waals surface area contributed by atoms with Crippen molar-refractivity contribution < 1.29 is 13.9 Å². The highest BCUT2D eigenvalue weighted by atomic mass is 19.1. The van der Waals surface area contributed by atoms with E-state index in [1.54, 1.807) is 6.92 Å². The van der Waals surface area contributed by atoms with Gasteiger partial charge in [0.2, 0.25) is 0 Å². The maximum Gasteiger partial charge on any atom is 0.271 e. The summed E-state index contributed by atoms with van der Waals surface area (Å²) >= 11 is 0. The van der Waals surface area contributed by atoms with Gasteiger partial charge >= 0.3 is 0 Å². The van der Waals surface area contributed by atoms with Crippen molar-refractivity contribution in [3.8, 4) is 5.69 Å². The van der Waals surface area contributed by atoms with Crippen molar-refractivity contribution >= 4 is 0 Å². The fourth-order valence-electron chi connectivity index (χ4n) is 1.56. The molecule has 4 nitrogen and oxygen atoms in total. The van der Waals surface area contributed by atoms with Gasteiger partial charge in [-0.05, 0) is 19.1 Å². The Morgan fingerprint density at radius 2 is 2.06 bits per heavy atom. The molecule has 0 atom stereocenters. The third-order valence-corrected chi connectivity index (χ3v) is 2.53. The Bertz CT molecular complexity index is 653. The minimum atomic E-state index is -0.874. The Morgan fingerprint density at radius 1 is 1.33 bits per heavy atom. The van der Waals surface area contributed by atoms with E-state index in [1.807, 2.05) is 0 Å². The fraction of sp³-hybridized carbons (Fsp3) is 0.167. The standard InChI is InChI=1S/C12H10F2N2O2/c1-7-8(6-17)4-12(18)16(15-7)11-3-2-9(13)5-10(11)14/h2-5,17H,6H2,1H3. The Morgan fingerprint density at radius 3 is 2.67 bits per heavy atom. The summed E-state index contributed by atoms with van der Waals surface area (Å²) in [5, 5.41) is 12.9. The van der Waals surface area contributed by atoms with Crippen LogP contribution in [-0.2, 0) is 6.61 Å². The molecule has 0 aliphatic heterocycles. The number of hydrogen-bond acceptors (Lipinski definition) is 3. The van der Waals surface area contributed by atoms with E-state index >= 15 is 0 Å². The van der Waals surface area contributed by atoms with Crippen molar-refractivity contribution in [2.45, 2.75) is 13.5 Å². The van der Waals surface area contributed by atoms with Crippen molar-refractivity contribution in [2.24, 2.45) is 0 Å². The van der Waals surface area contributed by atoms with Crippen LogP contribution in [0, 0.1) is 18.6 Å². The van der Waals surface area contributed by atoms with Gasteiger partial charge in [0, 0.05) is 17.7 Å². The lowest BCUT2D eigenvalue weighted by molar-refractivity contribution is 0.279. The predicted molar refractivity (Wildman–Crippen MR) is 60.4 cm³/mol. The largest absolute Gasteiger partial charge is 0.392 e. The second kappa shape index (κ2) is 4.66. The number of halogens is 2. The van der Waals surface area contributed by atoms with Crippen molar-refractivity contribution in [1.82, 2.24) is 9.78 Å². The second-order valence-corrected chi connectivity index (χ2v) is 3.76. The SMILES string of the molecule is Cc1nn(-c2ccc(F)cc2F)c(=O)cc1CO. The zero-order chi connectivity index (χ0) is 13.3. The van der Waals surface area contributed by atoms with Crippen LogP contribution in [-0.4, -0.2) is 14.9 Å². The number of benzene rings is 1. The van der Waals surface area contributed by atoms with E-state index in [4.69, 9.17) is 5.11 Å². The molecule has 1 aromatic carbocycles. The number of aliphatic hydroxyl groups excluding tert-OH is 1. The van der Waals surface area contributed by atoms with Crippen molar-refractivity contribution in [3.63, 3.8) is 0 Å². The molecular formula is C12H10F2N2O2. The van der Waals surface area contributed by atoms with Crippen LogP contribution in [0.2, 0.25) is 0 Å². The molecule has 0 fully saturated rings. The lowest BCUT2D eigenvalue weighted by atomic mass is 10.2. The quantitative estimate of drug-likeness (QED) is 0.876. The van der Waals surface area contributed by atoms with Gasteiger partial charge in [0.25, 0.3) is 5.56 Å². The van der Waals surface area contributed by atoms with Crippen LogP contribution in [0.5, 0.6) is 0 Å². The number of rotatable bonds is 2. The minimum Gasteiger partial charge on any atom is -0.392 e. The summed E-state index contributed by atoms with van der Waals surface area (Å²) < 4.78 is 27.2. The zero-order valence-electron chi connectivity index (χ0n) is 9.52. The predicted octanol–water partition coefficient (Wildman–Crippen LogP) is 1.31. The third-order valence-electron chi connectivity index (χ3n) is 2.53. The molecule has 0 bridgehead atoms. The van der Waals surface area contributed by atoms with Gasteiger partial charge in [-0.15, -0.1) is 0 Å². The highest BCUT2D eigenvalue weighted by Gasteiger charge is 2.11. The first-order chi connectivity index (χ1) is 8.52. The van der Waals surface area contributed by atoms with E-state index in [2.05, 4.69) is 5.10 Å². The van der Waals surface area contributed by atoms with E-state index in [-0.39, 0.29) is 12.3 Å². The van der Waals surface area contributed by atoms with Crippen LogP contribution in [0.4, 0.5) is 8.78 Å². The summed E-state index contributed by atoms with van der Waals surface area (Å²) in [7, 11) is 0. The Balaban J connectivity index is 2.64. The first-order valence-electron chi connectivity index (χ1n) is 5.19. The van der Waals surface area contributed by atoms with Gasteiger partial charge in [-0.3, -0.25) is 4.79 Å². The molecule has 0 saturated carbocycles. The molecule has 0 radical (unpaired) electrons. The average molecular weight is 252 g/mol. The second-order valence-electron chi connectivity index (χ2n) is 3.76. The summed E-state index contributed by atoms with van der Waals surface area (Å²) in [6, 6.07) is 4.03. The van der Waals surface area contributed by atoms with Crippen LogP contribution in [0.3, 0.4) is 0 Å². The highest BCUT2D eigenvalue weighted by molar-refractivity contribution is 5.33. The normalized spacial score (nSPS) is 10.7. The number of aliphatic hydroxyl groups is 1. The molecule has 1 N–H and O–H groups in total. The molecule has 0 spiro atoms. The van der Waals surface area contributed by atoms with E-state index in [0.717, 1.165) is 16.8 Å². The Kier molecular flexibility index (Phi) is 3.20. The number of aryl methyl sites for hydroxylation is 1. The summed E-state index contributed by atoms with van der Waals surface area (Å²) in [5.41, 5.74) is 0.0590. The summed E-state index contributed by atoms with van der Waals surface area (Å²) in [5.74, 6) is -1.60. The summed E-state index contributed by atoms with van der Waals surface area (Å²) in [4.78, 5) is 11.7. The molecule has 2 aromatic rings. The van der Waals surface area contributed by atoms with Crippen LogP contribution in [0.15, 0.2) is 29.1 Å². The molecule has 0 amide bonds. The molecule has 94 valence electrons. The maximum atomic E-state index is 13.5. The van der Waals surface area contributed by atoms with Gasteiger partial charge in [-0.2, -0.15) is 9.78 Å². The van der Waals surface area contributed by atoms with Crippen LogP contribution in [0.1, 0.15) is 11.3 Å². The van der Waals surface area contributed by atoms with Gasteiger partial charge in [0.1, 0.15) is 11.5 Å². The first-order valence-corrected chi connectivity index (χ1v) is 5.19. The Hall–Kier alpha value is -2.08. The van der Waals surface area contributed by atoms with Crippen molar-refractivity contribution in [3.05, 3.63) is 57.5 Å². The molecule has 0 aliphatic rings. The van der Waals surface area contributed by atoms with E-state index in [0.29, 0.717) is 17.3 Å². The molecule has 0 unspecified atom stereocenters. The number of hydrogen-bond donors (Lipinski definition) is 1.